The third-order valence-electron chi connectivity index (χ3n) is 2.93. The molecule has 0 spiro atoms. The number of ether oxygens (including phenoxy) is 1. The van der Waals surface area contributed by atoms with E-state index in [1.54, 1.807) is 29.7 Å². The van der Waals surface area contributed by atoms with E-state index in [2.05, 4.69) is 43.0 Å². The minimum Gasteiger partial charge on any atom is -0.503 e. The van der Waals surface area contributed by atoms with Crippen LogP contribution in [0, 0.1) is 6.92 Å². The summed E-state index contributed by atoms with van der Waals surface area (Å²) in [7, 11) is 1.51. The SMILES string of the molecule is CCn1c(C)cs/c1=N\N=C/c1cc(Br)c(O)c(OC)c1. The monoisotopic (exact) mass is 369 g/mol. The number of benzene rings is 1. The molecule has 7 heteroatoms. The maximum Gasteiger partial charge on any atom is 0.210 e. The Morgan fingerprint density at radius 3 is 2.90 bits per heavy atom. The maximum absolute atomic E-state index is 9.75. The zero-order chi connectivity index (χ0) is 15.4. The normalized spacial score (nSPS) is 12.3. The zero-order valence-electron chi connectivity index (χ0n) is 12.0. The van der Waals surface area contributed by atoms with E-state index >= 15 is 0 Å². The van der Waals surface area contributed by atoms with Gasteiger partial charge in [-0.2, -0.15) is 5.10 Å². The number of hydrogen-bond acceptors (Lipinski definition) is 5. The van der Waals surface area contributed by atoms with Gasteiger partial charge in [0.2, 0.25) is 4.80 Å². The molecule has 0 fully saturated rings. The number of phenolic OH excluding ortho intramolecular Hbond substituents is 1. The van der Waals surface area contributed by atoms with Crippen LogP contribution in [0.1, 0.15) is 18.2 Å². The molecule has 2 aromatic rings. The van der Waals surface area contributed by atoms with E-state index in [1.165, 1.54) is 12.8 Å². The summed E-state index contributed by atoms with van der Waals surface area (Å²) >= 11 is 4.83. The van der Waals surface area contributed by atoms with Gasteiger partial charge in [-0.3, -0.25) is 0 Å². The second kappa shape index (κ2) is 6.91. The Bertz CT molecular complexity index is 734. The Morgan fingerprint density at radius 1 is 1.48 bits per heavy atom. The van der Waals surface area contributed by atoms with Gasteiger partial charge in [0, 0.05) is 17.6 Å². The molecule has 0 unspecified atom stereocenters. The topological polar surface area (TPSA) is 59.1 Å². The van der Waals surface area contributed by atoms with Crippen molar-refractivity contribution in [3.8, 4) is 11.5 Å². The predicted octanol–water partition coefficient (Wildman–Crippen LogP) is 3.29. The van der Waals surface area contributed by atoms with Crippen molar-refractivity contribution in [1.82, 2.24) is 4.57 Å². The first-order valence-corrected chi connectivity index (χ1v) is 8.02. The van der Waals surface area contributed by atoms with Crippen LogP contribution in [-0.2, 0) is 6.54 Å². The van der Waals surface area contributed by atoms with Crippen molar-refractivity contribution in [2.24, 2.45) is 10.2 Å². The molecule has 1 N–H and O–H groups in total. The lowest BCUT2D eigenvalue weighted by molar-refractivity contribution is 0.372. The minimum atomic E-state index is 0.0734. The van der Waals surface area contributed by atoms with Gasteiger partial charge in [0.1, 0.15) is 0 Å². The Balaban J connectivity index is 2.32. The molecule has 1 aromatic heterocycles. The molecule has 0 atom stereocenters. The van der Waals surface area contributed by atoms with Gasteiger partial charge in [0.05, 0.1) is 17.8 Å². The number of halogens is 1. The molecule has 1 heterocycles. The molecule has 0 bridgehead atoms. The summed E-state index contributed by atoms with van der Waals surface area (Å²) in [5, 5.41) is 20.2. The third-order valence-corrected chi connectivity index (χ3v) is 4.50. The van der Waals surface area contributed by atoms with E-state index in [0.717, 1.165) is 16.9 Å². The van der Waals surface area contributed by atoms with Gasteiger partial charge in [-0.25, -0.2) is 0 Å². The molecule has 0 amide bonds. The average Bonchev–Trinajstić information content (AvgIpc) is 2.82. The molecule has 112 valence electrons. The van der Waals surface area contributed by atoms with Gasteiger partial charge in [-0.1, -0.05) is 0 Å². The van der Waals surface area contributed by atoms with E-state index in [0.29, 0.717) is 10.2 Å². The standard InChI is InChI=1S/C14H16BrN3O2S/c1-4-18-9(2)8-21-14(18)17-16-7-10-5-11(15)13(19)12(6-10)20-3/h5-8,19H,4H2,1-3H3/b16-7-,17-14-. The molecule has 0 aliphatic heterocycles. The second-order valence-electron chi connectivity index (χ2n) is 4.30. The van der Waals surface area contributed by atoms with Crippen molar-refractivity contribution in [2.45, 2.75) is 20.4 Å². The van der Waals surface area contributed by atoms with Crippen molar-refractivity contribution in [3.63, 3.8) is 0 Å². The Morgan fingerprint density at radius 2 is 2.24 bits per heavy atom. The molecule has 0 saturated heterocycles. The number of thiazole rings is 1. The summed E-state index contributed by atoms with van der Waals surface area (Å²) in [6.07, 6.45) is 1.63. The number of phenols is 1. The number of hydrogen-bond donors (Lipinski definition) is 1. The van der Waals surface area contributed by atoms with Crippen molar-refractivity contribution in [3.05, 3.63) is 38.0 Å². The van der Waals surface area contributed by atoms with Gasteiger partial charge in [-0.15, -0.1) is 16.4 Å². The first kappa shape index (κ1) is 15.8. The van der Waals surface area contributed by atoms with Crippen molar-refractivity contribution >= 4 is 33.5 Å². The van der Waals surface area contributed by atoms with Crippen LogP contribution in [-0.4, -0.2) is 23.0 Å². The summed E-state index contributed by atoms with van der Waals surface area (Å²) in [5.74, 6) is 0.464. The van der Waals surface area contributed by atoms with E-state index in [-0.39, 0.29) is 5.75 Å². The molecule has 0 radical (unpaired) electrons. The van der Waals surface area contributed by atoms with Crippen molar-refractivity contribution in [1.29, 1.82) is 0 Å². The van der Waals surface area contributed by atoms with E-state index in [4.69, 9.17) is 4.74 Å². The molecule has 2 rings (SSSR count). The fraction of sp³-hybridized carbons (Fsp3) is 0.286. The van der Waals surface area contributed by atoms with E-state index in [9.17, 15) is 5.11 Å². The fourth-order valence-corrected chi connectivity index (χ4v) is 3.20. The molecule has 0 aliphatic rings. The Labute approximate surface area is 135 Å². The highest BCUT2D eigenvalue weighted by molar-refractivity contribution is 9.10. The van der Waals surface area contributed by atoms with Crippen molar-refractivity contribution < 1.29 is 9.84 Å². The molecule has 21 heavy (non-hydrogen) atoms. The third kappa shape index (κ3) is 3.54. The van der Waals surface area contributed by atoms with Gasteiger partial charge >= 0.3 is 0 Å². The molecule has 5 nitrogen and oxygen atoms in total. The summed E-state index contributed by atoms with van der Waals surface area (Å²) in [6, 6.07) is 3.46. The summed E-state index contributed by atoms with van der Waals surface area (Å²) in [5.41, 5.74) is 1.96. The minimum absolute atomic E-state index is 0.0734. The summed E-state index contributed by atoms with van der Waals surface area (Å²) in [4.78, 5) is 0.857. The summed E-state index contributed by atoms with van der Waals surface area (Å²) < 4.78 is 7.74. The van der Waals surface area contributed by atoms with E-state index in [1.807, 2.05) is 6.92 Å². The molecular formula is C14H16BrN3O2S. The highest BCUT2D eigenvalue weighted by Crippen LogP contribution is 2.34. The van der Waals surface area contributed by atoms with Crippen LogP contribution in [0.3, 0.4) is 0 Å². The highest BCUT2D eigenvalue weighted by atomic mass is 79.9. The van der Waals surface area contributed by atoms with Crippen LogP contribution >= 0.6 is 27.3 Å². The predicted molar refractivity (Wildman–Crippen MR) is 88.2 cm³/mol. The number of aromatic hydroxyl groups is 1. The van der Waals surface area contributed by atoms with E-state index < -0.39 is 0 Å². The largest absolute Gasteiger partial charge is 0.503 e. The van der Waals surface area contributed by atoms with Crippen LogP contribution in [0.2, 0.25) is 0 Å². The number of nitrogens with zero attached hydrogens (tertiary/aromatic N) is 3. The van der Waals surface area contributed by atoms with Crippen molar-refractivity contribution in [2.75, 3.05) is 7.11 Å². The molecule has 1 aromatic carbocycles. The highest BCUT2D eigenvalue weighted by Gasteiger charge is 2.07. The number of rotatable bonds is 4. The van der Waals surface area contributed by atoms with Crippen LogP contribution in [0.15, 0.2) is 32.2 Å². The van der Waals surface area contributed by atoms with Crippen LogP contribution < -0.4 is 9.54 Å². The second-order valence-corrected chi connectivity index (χ2v) is 5.99. The Hall–Kier alpha value is -1.60. The summed E-state index contributed by atoms with van der Waals surface area (Å²) in [6.45, 7) is 4.98. The number of methoxy groups -OCH3 is 1. The van der Waals surface area contributed by atoms with Gasteiger partial charge in [-0.05, 0) is 47.5 Å². The lowest BCUT2D eigenvalue weighted by atomic mass is 10.2. The lowest BCUT2D eigenvalue weighted by Crippen LogP contribution is -2.14. The van der Waals surface area contributed by atoms with Gasteiger partial charge in [0.25, 0.3) is 0 Å². The smallest absolute Gasteiger partial charge is 0.210 e. The lowest BCUT2D eigenvalue weighted by Gasteiger charge is -2.05. The molecule has 0 aliphatic carbocycles. The number of aromatic nitrogens is 1. The van der Waals surface area contributed by atoms with Gasteiger partial charge in [0.15, 0.2) is 11.5 Å². The first-order chi connectivity index (χ1) is 10.1. The fourth-order valence-electron chi connectivity index (χ4n) is 1.85. The Kier molecular flexibility index (Phi) is 5.19. The average molecular weight is 370 g/mol. The first-order valence-electron chi connectivity index (χ1n) is 6.35. The molecule has 0 saturated carbocycles. The van der Waals surface area contributed by atoms with Crippen LogP contribution in [0.25, 0.3) is 0 Å². The van der Waals surface area contributed by atoms with Crippen LogP contribution in [0.4, 0.5) is 0 Å². The quantitative estimate of drug-likeness (QED) is 0.663. The molecular weight excluding hydrogens is 354 g/mol. The van der Waals surface area contributed by atoms with Gasteiger partial charge < -0.3 is 14.4 Å². The van der Waals surface area contributed by atoms with Crippen LogP contribution in [0.5, 0.6) is 11.5 Å². The zero-order valence-corrected chi connectivity index (χ0v) is 14.4. The number of aryl methyl sites for hydroxylation is 1. The maximum atomic E-state index is 9.75.